The fourth-order valence-electron chi connectivity index (χ4n) is 2.29. The Kier molecular flexibility index (Phi) is 4.24. The number of allylic oxidation sites excluding steroid dienone is 1. The first-order valence-electron chi connectivity index (χ1n) is 7.15. The fraction of sp³-hybridized carbons (Fsp3) is 0.158. The van der Waals surface area contributed by atoms with Crippen LogP contribution in [0.15, 0.2) is 52.3 Å². The molecule has 0 atom stereocenters. The molecule has 0 fully saturated rings. The van der Waals surface area contributed by atoms with Crippen molar-refractivity contribution < 1.29 is 0 Å². The Balaban J connectivity index is 2.13. The summed E-state index contributed by atoms with van der Waals surface area (Å²) in [4.78, 5) is 4.51. The van der Waals surface area contributed by atoms with Crippen molar-refractivity contribution in [2.45, 2.75) is 9.79 Å². The number of benzene rings is 2. The van der Waals surface area contributed by atoms with Crippen LogP contribution in [0.3, 0.4) is 0 Å². The Hall–Kier alpha value is -2.15. The van der Waals surface area contributed by atoms with Gasteiger partial charge in [-0.05, 0) is 50.0 Å². The van der Waals surface area contributed by atoms with E-state index >= 15 is 0 Å². The minimum Gasteiger partial charge on any atom is -0.399 e. The van der Waals surface area contributed by atoms with Gasteiger partial charge in [0.2, 0.25) is 0 Å². The molecule has 2 aromatic rings. The molecule has 2 aromatic carbocycles. The first-order valence-corrected chi connectivity index (χ1v) is 7.97. The lowest BCUT2D eigenvalue weighted by Crippen LogP contribution is -2.10. The number of nitrogens with zero attached hydrogens (tertiary/aromatic N) is 1. The largest absolute Gasteiger partial charge is 0.399 e. The lowest BCUT2D eigenvalue weighted by Gasteiger charge is -2.07. The second-order valence-electron chi connectivity index (χ2n) is 5.49. The van der Waals surface area contributed by atoms with Gasteiger partial charge < -0.3 is 5.73 Å². The van der Waals surface area contributed by atoms with Crippen LogP contribution in [0, 0.1) is 11.8 Å². The Labute approximate surface area is 136 Å². The highest BCUT2D eigenvalue weighted by Gasteiger charge is 2.14. The highest BCUT2D eigenvalue weighted by Crippen LogP contribution is 2.40. The van der Waals surface area contributed by atoms with Crippen LogP contribution in [0.1, 0.15) is 11.1 Å². The maximum Gasteiger partial charge on any atom is 0.0600 e. The van der Waals surface area contributed by atoms with E-state index in [2.05, 4.69) is 53.1 Å². The maximum absolute atomic E-state index is 5.98. The SMILES string of the molecule is CN(C)CC#CC1=Cc2ccccc2Sc2ccc(N)cc21. The number of fused-ring (bicyclic) bond motifs is 2. The Morgan fingerprint density at radius 2 is 1.91 bits per heavy atom. The Morgan fingerprint density at radius 1 is 1.09 bits per heavy atom. The number of nitrogens with two attached hydrogens (primary N) is 1. The van der Waals surface area contributed by atoms with E-state index in [1.807, 2.05) is 26.2 Å². The predicted molar refractivity (Wildman–Crippen MR) is 95.6 cm³/mol. The van der Waals surface area contributed by atoms with Crippen LogP contribution in [-0.2, 0) is 0 Å². The van der Waals surface area contributed by atoms with Gasteiger partial charge >= 0.3 is 0 Å². The summed E-state index contributed by atoms with van der Waals surface area (Å²) in [7, 11) is 4.04. The van der Waals surface area contributed by atoms with E-state index in [-0.39, 0.29) is 0 Å². The first kappa shape index (κ1) is 14.8. The summed E-state index contributed by atoms with van der Waals surface area (Å²) in [6, 6.07) is 14.5. The van der Waals surface area contributed by atoms with E-state index in [9.17, 15) is 0 Å². The van der Waals surface area contributed by atoms with Crippen molar-refractivity contribution in [3.8, 4) is 11.8 Å². The zero-order valence-corrected chi connectivity index (χ0v) is 13.6. The quantitative estimate of drug-likeness (QED) is 0.641. The predicted octanol–water partition coefficient (Wildman–Crippen LogP) is 3.84. The molecule has 22 heavy (non-hydrogen) atoms. The van der Waals surface area contributed by atoms with Crippen molar-refractivity contribution in [2.24, 2.45) is 0 Å². The van der Waals surface area contributed by atoms with Gasteiger partial charge in [0.25, 0.3) is 0 Å². The standard InChI is InChI=1S/C19H18N2S/c1-21(2)11-5-7-14-12-15-6-3-4-8-18(15)22-19-10-9-16(20)13-17(14)19/h3-4,6,8-10,12-13H,11,20H2,1-2H3. The molecule has 1 aliphatic rings. The molecule has 3 heteroatoms. The zero-order valence-electron chi connectivity index (χ0n) is 12.8. The van der Waals surface area contributed by atoms with Gasteiger partial charge in [-0.3, -0.25) is 4.90 Å². The zero-order chi connectivity index (χ0) is 15.5. The molecule has 0 radical (unpaired) electrons. The van der Waals surface area contributed by atoms with Crippen LogP contribution in [0.2, 0.25) is 0 Å². The summed E-state index contributed by atoms with van der Waals surface area (Å²) in [5, 5.41) is 0. The lowest BCUT2D eigenvalue weighted by molar-refractivity contribution is 0.464. The summed E-state index contributed by atoms with van der Waals surface area (Å²) in [5.41, 5.74) is 10.1. The van der Waals surface area contributed by atoms with Gasteiger partial charge in [-0.25, -0.2) is 0 Å². The second-order valence-corrected chi connectivity index (χ2v) is 6.58. The summed E-state index contributed by atoms with van der Waals surface area (Å²) >= 11 is 1.77. The van der Waals surface area contributed by atoms with E-state index in [1.54, 1.807) is 11.8 Å². The van der Waals surface area contributed by atoms with Gasteiger partial charge in [0.05, 0.1) is 6.54 Å². The summed E-state index contributed by atoms with van der Waals surface area (Å²) < 4.78 is 0. The molecule has 0 unspecified atom stereocenters. The highest BCUT2D eigenvalue weighted by atomic mass is 32.2. The molecule has 1 aliphatic heterocycles. The minimum atomic E-state index is 0.740. The van der Waals surface area contributed by atoms with E-state index in [0.29, 0.717) is 0 Å². The molecule has 0 saturated carbocycles. The topological polar surface area (TPSA) is 29.3 Å². The number of hydrogen-bond acceptors (Lipinski definition) is 3. The summed E-state index contributed by atoms with van der Waals surface area (Å²) in [6.07, 6.45) is 2.16. The third-order valence-corrected chi connectivity index (χ3v) is 4.52. The average Bonchev–Trinajstić information content (AvgIpc) is 2.64. The summed E-state index contributed by atoms with van der Waals surface area (Å²) in [6.45, 7) is 0.740. The molecule has 0 amide bonds. The molecule has 0 spiro atoms. The molecule has 2 nitrogen and oxygen atoms in total. The normalized spacial score (nSPS) is 12.6. The van der Waals surface area contributed by atoms with Crippen LogP contribution in [-0.4, -0.2) is 25.5 Å². The van der Waals surface area contributed by atoms with E-state index in [0.717, 1.165) is 23.4 Å². The second kappa shape index (κ2) is 6.31. The maximum atomic E-state index is 5.98. The molecule has 3 rings (SSSR count). The highest BCUT2D eigenvalue weighted by molar-refractivity contribution is 7.99. The molecule has 0 aromatic heterocycles. The number of nitrogen functional groups attached to an aromatic ring is 1. The molecule has 0 aliphatic carbocycles. The smallest absolute Gasteiger partial charge is 0.0600 e. The van der Waals surface area contributed by atoms with E-state index in [1.165, 1.54) is 15.4 Å². The van der Waals surface area contributed by atoms with Crippen molar-refractivity contribution in [3.63, 3.8) is 0 Å². The minimum absolute atomic E-state index is 0.740. The van der Waals surface area contributed by atoms with Gasteiger partial charge in [0.15, 0.2) is 0 Å². The third-order valence-electron chi connectivity index (χ3n) is 3.35. The average molecular weight is 306 g/mol. The number of rotatable bonds is 1. The number of anilines is 1. The fourth-order valence-corrected chi connectivity index (χ4v) is 3.33. The molecule has 2 N–H and O–H groups in total. The van der Waals surface area contributed by atoms with Crippen molar-refractivity contribution in [1.29, 1.82) is 0 Å². The van der Waals surface area contributed by atoms with Crippen LogP contribution >= 0.6 is 11.8 Å². The van der Waals surface area contributed by atoms with Gasteiger partial charge in [0, 0.05) is 26.6 Å². The van der Waals surface area contributed by atoms with Crippen molar-refractivity contribution in [1.82, 2.24) is 4.90 Å². The Morgan fingerprint density at radius 3 is 2.73 bits per heavy atom. The van der Waals surface area contributed by atoms with Gasteiger partial charge in [0.1, 0.15) is 0 Å². The van der Waals surface area contributed by atoms with Crippen LogP contribution in [0.5, 0.6) is 0 Å². The van der Waals surface area contributed by atoms with Gasteiger partial charge in [-0.15, -0.1) is 0 Å². The monoisotopic (exact) mass is 306 g/mol. The Bertz CT molecular complexity index is 795. The molecule has 110 valence electrons. The van der Waals surface area contributed by atoms with Crippen LogP contribution in [0.4, 0.5) is 5.69 Å². The molecule has 1 heterocycles. The van der Waals surface area contributed by atoms with Crippen molar-refractivity contribution >= 4 is 29.1 Å². The van der Waals surface area contributed by atoms with E-state index in [4.69, 9.17) is 5.73 Å². The molecule has 0 saturated heterocycles. The van der Waals surface area contributed by atoms with Crippen molar-refractivity contribution in [3.05, 3.63) is 53.6 Å². The molecular formula is C19H18N2S. The summed E-state index contributed by atoms with van der Waals surface area (Å²) in [5.74, 6) is 6.55. The van der Waals surface area contributed by atoms with Gasteiger partial charge in [-0.1, -0.05) is 41.8 Å². The lowest BCUT2D eigenvalue weighted by atomic mass is 10.0. The van der Waals surface area contributed by atoms with E-state index < -0.39 is 0 Å². The first-order chi connectivity index (χ1) is 10.6. The van der Waals surface area contributed by atoms with Crippen LogP contribution < -0.4 is 5.73 Å². The van der Waals surface area contributed by atoms with Crippen LogP contribution in [0.25, 0.3) is 11.6 Å². The molecule has 0 bridgehead atoms. The van der Waals surface area contributed by atoms with Crippen molar-refractivity contribution in [2.75, 3.05) is 26.4 Å². The third kappa shape index (κ3) is 3.19. The van der Waals surface area contributed by atoms with Gasteiger partial charge in [-0.2, -0.15) is 0 Å². The number of hydrogen-bond donors (Lipinski definition) is 1. The molecular weight excluding hydrogens is 288 g/mol.